The molecule has 1 aliphatic rings. The zero-order valence-electron chi connectivity index (χ0n) is 13.0. The third-order valence-corrected chi connectivity index (χ3v) is 3.74. The number of ether oxygens (including phenoxy) is 2. The molecule has 0 spiro atoms. The third kappa shape index (κ3) is 3.56. The Morgan fingerprint density at radius 2 is 2.27 bits per heavy atom. The van der Waals surface area contributed by atoms with Crippen LogP contribution in [0.15, 0.2) is 12.3 Å². The molecule has 2 heterocycles. The highest BCUT2D eigenvalue weighted by Crippen LogP contribution is 2.31. The van der Waals surface area contributed by atoms with E-state index in [4.69, 9.17) is 21.7 Å². The molecule has 0 radical (unpaired) electrons. The minimum atomic E-state index is -0.587. The number of methoxy groups -OCH3 is 1. The van der Waals surface area contributed by atoms with Crippen LogP contribution in [0.4, 0.5) is 16.3 Å². The van der Waals surface area contributed by atoms with Gasteiger partial charge in [0.2, 0.25) is 0 Å². The molecule has 0 aromatic carbocycles. The number of aromatic nitrogens is 1. The Kier molecular flexibility index (Phi) is 5.37. The molecule has 7 nitrogen and oxygen atoms in total. The maximum absolute atomic E-state index is 11.4. The molecule has 1 amide bonds. The van der Waals surface area contributed by atoms with Gasteiger partial charge < -0.3 is 19.3 Å². The summed E-state index contributed by atoms with van der Waals surface area (Å²) in [4.78, 5) is 19.6. The zero-order valence-corrected chi connectivity index (χ0v) is 13.8. The minimum absolute atomic E-state index is 0.195. The SMILES string of the molecule is CCOC(=O)NC(=S)N(C)c1ncc(N2CCC2)cc1OC. The molecule has 2 rings (SSSR count). The largest absolute Gasteiger partial charge is 0.493 e. The maximum atomic E-state index is 11.4. The van der Waals surface area contributed by atoms with E-state index in [1.165, 1.54) is 6.42 Å². The van der Waals surface area contributed by atoms with Gasteiger partial charge >= 0.3 is 6.09 Å². The van der Waals surface area contributed by atoms with Crippen LogP contribution in [-0.4, -0.2) is 50.0 Å². The lowest BCUT2D eigenvalue weighted by molar-refractivity contribution is 0.158. The van der Waals surface area contributed by atoms with Crippen LogP contribution in [0, 0.1) is 0 Å². The number of carbonyl (C=O) groups excluding carboxylic acids is 1. The molecule has 0 aliphatic carbocycles. The van der Waals surface area contributed by atoms with Crippen molar-refractivity contribution in [2.24, 2.45) is 0 Å². The number of alkyl carbamates (subject to hydrolysis) is 1. The third-order valence-electron chi connectivity index (χ3n) is 3.37. The van der Waals surface area contributed by atoms with Gasteiger partial charge in [0, 0.05) is 26.2 Å². The fraction of sp³-hybridized carbons (Fsp3) is 0.500. The van der Waals surface area contributed by atoms with Crippen molar-refractivity contribution in [2.45, 2.75) is 13.3 Å². The molecule has 22 heavy (non-hydrogen) atoms. The van der Waals surface area contributed by atoms with Gasteiger partial charge in [0.05, 0.1) is 25.6 Å². The van der Waals surface area contributed by atoms with Gasteiger partial charge in [-0.2, -0.15) is 0 Å². The smallest absolute Gasteiger partial charge is 0.413 e. The van der Waals surface area contributed by atoms with Gasteiger partial charge in [-0.25, -0.2) is 9.78 Å². The number of hydrogen-bond acceptors (Lipinski definition) is 6. The summed E-state index contributed by atoms with van der Waals surface area (Å²) in [6.07, 6.45) is 2.38. The lowest BCUT2D eigenvalue weighted by Gasteiger charge is -2.33. The van der Waals surface area contributed by atoms with Crippen molar-refractivity contribution in [3.05, 3.63) is 12.3 Å². The van der Waals surface area contributed by atoms with Crippen molar-refractivity contribution in [2.75, 3.05) is 43.7 Å². The molecular formula is C14H20N4O3S. The van der Waals surface area contributed by atoms with Gasteiger partial charge in [-0.1, -0.05) is 0 Å². The van der Waals surface area contributed by atoms with Crippen LogP contribution in [0.5, 0.6) is 5.75 Å². The normalized spacial score (nSPS) is 13.1. The summed E-state index contributed by atoms with van der Waals surface area (Å²) >= 11 is 5.18. The van der Waals surface area contributed by atoms with E-state index < -0.39 is 6.09 Å². The summed E-state index contributed by atoms with van der Waals surface area (Å²) in [7, 11) is 3.29. The first kappa shape index (κ1) is 16.3. The Hall–Kier alpha value is -2.09. The highest BCUT2D eigenvalue weighted by atomic mass is 32.1. The Labute approximate surface area is 135 Å². The van der Waals surface area contributed by atoms with E-state index in [9.17, 15) is 4.79 Å². The van der Waals surface area contributed by atoms with Crippen molar-refractivity contribution >= 4 is 34.9 Å². The van der Waals surface area contributed by atoms with E-state index in [-0.39, 0.29) is 11.7 Å². The highest BCUT2D eigenvalue weighted by molar-refractivity contribution is 7.80. The molecule has 1 aromatic heterocycles. The van der Waals surface area contributed by atoms with E-state index in [0.717, 1.165) is 18.8 Å². The predicted octanol–water partition coefficient (Wildman–Crippen LogP) is 1.77. The molecule has 1 fully saturated rings. The summed E-state index contributed by atoms with van der Waals surface area (Å²) < 4.78 is 10.2. The zero-order chi connectivity index (χ0) is 16.1. The van der Waals surface area contributed by atoms with E-state index in [1.54, 1.807) is 32.2 Å². The standard InChI is InChI=1S/C14H20N4O3S/c1-4-21-14(19)16-13(22)17(2)12-11(20-3)8-10(9-15-12)18-6-5-7-18/h8-9H,4-7H2,1-3H3,(H,16,19,22). The first-order valence-electron chi connectivity index (χ1n) is 7.07. The molecule has 0 saturated carbocycles. The molecule has 0 bridgehead atoms. The molecule has 0 unspecified atom stereocenters. The summed E-state index contributed by atoms with van der Waals surface area (Å²) in [5, 5.41) is 2.68. The Morgan fingerprint density at radius 1 is 1.55 bits per heavy atom. The van der Waals surface area contributed by atoms with Gasteiger partial charge in [0.25, 0.3) is 0 Å². The second-order valence-electron chi connectivity index (χ2n) is 4.77. The first-order chi connectivity index (χ1) is 10.6. The van der Waals surface area contributed by atoms with Crippen molar-refractivity contribution in [1.82, 2.24) is 10.3 Å². The fourth-order valence-electron chi connectivity index (χ4n) is 2.01. The predicted molar refractivity (Wildman–Crippen MR) is 88.8 cm³/mol. The first-order valence-corrected chi connectivity index (χ1v) is 7.48. The van der Waals surface area contributed by atoms with E-state index >= 15 is 0 Å². The Balaban J connectivity index is 2.12. The number of pyridine rings is 1. The number of nitrogens with one attached hydrogen (secondary N) is 1. The molecule has 1 aliphatic heterocycles. The maximum Gasteiger partial charge on any atom is 0.413 e. The van der Waals surface area contributed by atoms with Gasteiger partial charge in [-0.15, -0.1) is 0 Å². The van der Waals surface area contributed by atoms with Crippen molar-refractivity contribution in [3.63, 3.8) is 0 Å². The summed E-state index contributed by atoms with van der Waals surface area (Å²) in [6, 6.07) is 1.92. The topological polar surface area (TPSA) is 66.9 Å². The van der Waals surface area contributed by atoms with Crippen LogP contribution in [0.1, 0.15) is 13.3 Å². The fourth-order valence-corrected chi connectivity index (χ4v) is 2.18. The number of anilines is 2. The summed E-state index contributed by atoms with van der Waals surface area (Å²) in [6.45, 7) is 4.07. The van der Waals surface area contributed by atoms with Gasteiger partial charge in [0.15, 0.2) is 16.7 Å². The number of hydrogen-bond donors (Lipinski definition) is 1. The van der Waals surface area contributed by atoms with Crippen LogP contribution in [0.25, 0.3) is 0 Å². The van der Waals surface area contributed by atoms with E-state index in [0.29, 0.717) is 11.6 Å². The van der Waals surface area contributed by atoms with Crippen LogP contribution in [0.3, 0.4) is 0 Å². The molecule has 1 saturated heterocycles. The summed E-state index contributed by atoms with van der Waals surface area (Å²) in [5.41, 5.74) is 1.02. The van der Waals surface area contributed by atoms with Crippen LogP contribution in [-0.2, 0) is 4.74 Å². The average molecular weight is 324 g/mol. The minimum Gasteiger partial charge on any atom is -0.493 e. The monoisotopic (exact) mass is 324 g/mol. The van der Waals surface area contributed by atoms with Crippen LogP contribution >= 0.6 is 12.2 Å². The lowest BCUT2D eigenvalue weighted by Crippen LogP contribution is -2.41. The molecule has 1 aromatic rings. The molecule has 120 valence electrons. The number of carbonyl (C=O) groups is 1. The Morgan fingerprint density at radius 3 is 2.82 bits per heavy atom. The molecule has 1 N–H and O–H groups in total. The van der Waals surface area contributed by atoms with Gasteiger partial charge in [0.1, 0.15) is 0 Å². The average Bonchev–Trinajstić information content (AvgIpc) is 2.44. The van der Waals surface area contributed by atoms with Crippen LogP contribution < -0.4 is 19.9 Å². The summed E-state index contributed by atoms with van der Waals surface area (Å²) in [5.74, 6) is 1.13. The highest BCUT2D eigenvalue weighted by Gasteiger charge is 2.20. The number of amides is 1. The number of nitrogens with zero attached hydrogens (tertiary/aromatic N) is 3. The van der Waals surface area contributed by atoms with Crippen LogP contribution in [0.2, 0.25) is 0 Å². The number of thiocarbonyl (C=S) groups is 1. The van der Waals surface area contributed by atoms with E-state index in [1.807, 2.05) is 6.07 Å². The van der Waals surface area contributed by atoms with Crippen molar-refractivity contribution < 1.29 is 14.3 Å². The van der Waals surface area contributed by atoms with Crippen molar-refractivity contribution in [3.8, 4) is 5.75 Å². The second kappa shape index (κ2) is 7.26. The molecule has 8 heteroatoms. The molecular weight excluding hydrogens is 304 g/mol. The molecule has 0 atom stereocenters. The van der Waals surface area contributed by atoms with Gasteiger partial charge in [-0.3, -0.25) is 5.32 Å². The number of rotatable bonds is 4. The lowest BCUT2D eigenvalue weighted by atomic mass is 10.2. The van der Waals surface area contributed by atoms with E-state index in [2.05, 4.69) is 15.2 Å². The quantitative estimate of drug-likeness (QED) is 0.847. The van der Waals surface area contributed by atoms with Crippen molar-refractivity contribution in [1.29, 1.82) is 0 Å². The van der Waals surface area contributed by atoms with Gasteiger partial charge in [-0.05, 0) is 25.6 Å². The Bertz CT molecular complexity index is 563. The second-order valence-corrected chi connectivity index (χ2v) is 5.16.